The maximum atomic E-state index is 10.9. The molecule has 0 aliphatic heterocycles. The van der Waals surface area contributed by atoms with E-state index in [0.717, 1.165) is 0 Å². The van der Waals surface area contributed by atoms with Gasteiger partial charge in [-0.2, -0.15) is 0 Å². The van der Waals surface area contributed by atoms with E-state index in [1.54, 1.807) is 0 Å². The van der Waals surface area contributed by atoms with Crippen molar-refractivity contribution in [1.29, 1.82) is 0 Å². The molecule has 0 aliphatic rings. The van der Waals surface area contributed by atoms with E-state index in [-0.39, 0.29) is 10.9 Å². The fourth-order valence-electron chi connectivity index (χ4n) is 0.760. The van der Waals surface area contributed by atoms with Gasteiger partial charge in [0, 0.05) is 6.54 Å². The minimum Gasteiger partial charge on any atom is -0.415 e. The topological polar surface area (TPSA) is 38.3 Å². The molecule has 0 aromatic carbocycles. The minimum atomic E-state index is -1.65. The van der Waals surface area contributed by atoms with Gasteiger partial charge in [0.1, 0.15) is 0 Å². The van der Waals surface area contributed by atoms with Crippen LogP contribution in [0.15, 0.2) is 0 Å². The summed E-state index contributed by atoms with van der Waals surface area (Å²) < 4.78 is 5.90. The monoisotopic (exact) mass is 295 g/mol. The van der Waals surface area contributed by atoms with E-state index in [0.29, 0.717) is 18.5 Å². The van der Waals surface area contributed by atoms with Crippen molar-refractivity contribution in [2.45, 2.75) is 38.9 Å². The maximum Gasteiger partial charge on any atom is 0.230 e. The number of hydrogen-bond acceptors (Lipinski definition) is 2. The van der Waals surface area contributed by atoms with Crippen LogP contribution < -0.4 is 5.32 Å². The van der Waals surface area contributed by atoms with Crippen molar-refractivity contribution in [2.75, 3.05) is 18.5 Å². The average Bonchev–Trinajstić information content (AvgIpc) is 2.10. The third kappa shape index (κ3) is 5.68. The van der Waals surface area contributed by atoms with Crippen molar-refractivity contribution in [3.63, 3.8) is 0 Å². The lowest BCUT2D eigenvalue weighted by molar-refractivity contribution is -0.118. The summed E-state index contributed by atoms with van der Waals surface area (Å²) in [5.41, 5.74) is 0. The smallest absolute Gasteiger partial charge is 0.230 e. The Labute approximate surface area is 102 Å². The largest absolute Gasteiger partial charge is 0.415 e. The second-order valence-electron chi connectivity index (χ2n) is 5.09. The first-order valence-corrected chi connectivity index (χ1v) is 9.20. The summed E-state index contributed by atoms with van der Waals surface area (Å²) in [7, 11) is -1.65. The number of carbonyl (C=O) groups is 1. The Balaban J connectivity index is 3.82. The third-order valence-electron chi connectivity index (χ3n) is 2.81. The molecule has 0 spiro atoms. The molecule has 0 saturated carbocycles. The molecule has 1 N–H and O–H groups in total. The first kappa shape index (κ1) is 15.1. The van der Waals surface area contributed by atoms with Crippen molar-refractivity contribution in [1.82, 2.24) is 5.32 Å². The Morgan fingerprint density at radius 1 is 1.40 bits per heavy atom. The lowest BCUT2D eigenvalue weighted by Crippen LogP contribution is -2.42. The number of alkyl halides is 1. The Morgan fingerprint density at radius 2 is 1.93 bits per heavy atom. The molecule has 0 aromatic heterocycles. The van der Waals surface area contributed by atoms with Crippen LogP contribution in [0, 0.1) is 0 Å². The van der Waals surface area contributed by atoms with E-state index >= 15 is 0 Å². The summed E-state index contributed by atoms with van der Waals surface area (Å²) in [4.78, 5) is 10.9. The summed E-state index contributed by atoms with van der Waals surface area (Å²) in [6.45, 7) is 12.2. The van der Waals surface area contributed by atoms with Crippen molar-refractivity contribution >= 4 is 30.2 Å². The molecule has 0 bridgehead atoms. The SMILES string of the molecule is CC(C)(C)[Si](C)(C)OCCNC(=O)CBr. The first-order valence-electron chi connectivity index (χ1n) is 5.17. The summed E-state index contributed by atoms with van der Waals surface area (Å²) in [5.74, 6) is 0.00818. The number of halogens is 1. The molecule has 0 unspecified atom stereocenters. The highest BCUT2D eigenvalue weighted by atomic mass is 79.9. The highest BCUT2D eigenvalue weighted by molar-refractivity contribution is 9.09. The highest BCUT2D eigenvalue weighted by Gasteiger charge is 2.36. The van der Waals surface area contributed by atoms with Crippen LogP contribution in [0.1, 0.15) is 20.8 Å². The lowest BCUT2D eigenvalue weighted by atomic mass is 10.2. The number of carbonyl (C=O) groups excluding carboxylic acids is 1. The molecule has 0 aromatic rings. The van der Waals surface area contributed by atoms with Crippen LogP contribution in [0.2, 0.25) is 18.1 Å². The molecule has 0 radical (unpaired) electrons. The van der Waals surface area contributed by atoms with Gasteiger partial charge in [-0.3, -0.25) is 4.79 Å². The van der Waals surface area contributed by atoms with Gasteiger partial charge in [0.15, 0.2) is 8.32 Å². The summed E-state index contributed by atoms with van der Waals surface area (Å²) in [6.07, 6.45) is 0. The van der Waals surface area contributed by atoms with Gasteiger partial charge in [0.05, 0.1) is 11.9 Å². The minimum absolute atomic E-state index is 0.00818. The zero-order valence-electron chi connectivity index (χ0n) is 10.3. The number of amides is 1. The molecule has 5 heteroatoms. The molecular formula is C10H22BrNO2Si. The van der Waals surface area contributed by atoms with Crippen LogP contribution in [0.4, 0.5) is 0 Å². The second kappa shape index (κ2) is 6.01. The van der Waals surface area contributed by atoms with Crippen LogP contribution >= 0.6 is 15.9 Å². The number of rotatable bonds is 5. The molecule has 0 heterocycles. The number of hydrogen-bond donors (Lipinski definition) is 1. The fourth-order valence-corrected chi connectivity index (χ4v) is 2.00. The van der Waals surface area contributed by atoms with E-state index in [1.165, 1.54) is 0 Å². The van der Waals surface area contributed by atoms with E-state index in [9.17, 15) is 4.79 Å². The molecule has 0 fully saturated rings. The van der Waals surface area contributed by atoms with Gasteiger partial charge in [0.25, 0.3) is 0 Å². The summed E-state index contributed by atoms with van der Waals surface area (Å²) >= 11 is 3.09. The van der Waals surface area contributed by atoms with Gasteiger partial charge in [-0.15, -0.1) is 0 Å². The van der Waals surface area contributed by atoms with Gasteiger partial charge in [-0.05, 0) is 18.1 Å². The van der Waals surface area contributed by atoms with Crippen molar-refractivity contribution < 1.29 is 9.22 Å². The summed E-state index contributed by atoms with van der Waals surface area (Å²) in [5, 5.41) is 3.35. The normalized spacial score (nSPS) is 12.7. The molecule has 0 rings (SSSR count). The molecular weight excluding hydrogens is 274 g/mol. The molecule has 0 atom stereocenters. The quantitative estimate of drug-likeness (QED) is 0.481. The van der Waals surface area contributed by atoms with E-state index in [1.807, 2.05) is 0 Å². The first-order chi connectivity index (χ1) is 6.70. The van der Waals surface area contributed by atoms with Gasteiger partial charge in [-0.25, -0.2) is 0 Å². The van der Waals surface area contributed by atoms with Gasteiger partial charge < -0.3 is 9.74 Å². The number of nitrogens with one attached hydrogen (secondary N) is 1. The molecule has 3 nitrogen and oxygen atoms in total. The molecule has 15 heavy (non-hydrogen) atoms. The van der Waals surface area contributed by atoms with Gasteiger partial charge >= 0.3 is 0 Å². The van der Waals surface area contributed by atoms with E-state index in [2.05, 4.69) is 55.1 Å². The standard InChI is InChI=1S/C10H22BrNO2Si/c1-10(2,3)15(4,5)14-7-6-12-9(13)8-11/h6-8H2,1-5H3,(H,12,13). The Hall–Kier alpha value is 0.127. The zero-order chi connectivity index (χ0) is 12.1. The third-order valence-corrected chi connectivity index (χ3v) is 7.86. The van der Waals surface area contributed by atoms with Crippen molar-refractivity contribution in [2.24, 2.45) is 0 Å². The zero-order valence-corrected chi connectivity index (χ0v) is 12.9. The Bertz CT molecular complexity index is 214. The fraction of sp³-hybridized carbons (Fsp3) is 0.900. The van der Waals surface area contributed by atoms with Crippen molar-refractivity contribution in [3.8, 4) is 0 Å². The van der Waals surface area contributed by atoms with Crippen molar-refractivity contribution in [3.05, 3.63) is 0 Å². The molecule has 90 valence electrons. The Kier molecular flexibility index (Phi) is 6.06. The molecule has 1 amide bonds. The highest BCUT2D eigenvalue weighted by Crippen LogP contribution is 2.36. The summed E-state index contributed by atoms with van der Waals surface area (Å²) in [6, 6.07) is 0. The van der Waals surface area contributed by atoms with Crippen LogP contribution in [0.25, 0.3) is 0 Å². The predicted octanol–water partition coefficient (Wildman–Crippen LogP) is 2.52. The second-order valence-corrected chi connectivity index (χ2v) is 10.5. The van der Waals surface area contributed by atoms with Gasteiger partial charge in [-0.1, -0.05) is 36.7 Å². The predicted molar refractivity (Wildman–Crippen MR) is 70.0 cm³/mol. The van der Waals surface area contributed by atoms with E-state index < -0.39 is 8.32 Å². The van der Waals surface area contributed by atoms with E-state index in [4.69, 9.17) is 4.43 Å². The van der Waals surface area contributed by atoms with Crippen LogP contribution in [0.3, 0.4) is 0 Å². The van der Waals surface area contributed by atoms with Crippen LogP contribution in [-0.2, 0) is 9.22 Å². The lowest BCUT2D eigenvalue weighted by Gasteiger charge is -2.36. The molecule has 0 aliphatic carbocycles. The van der Waals surface area contributed by atoms with Gasteiger partial charge in [0.2, 0.25) is 5.91 Å². The molecule has 0 saturated heterocycles. The van der Waals surface area contributed by atoms with Crippen LogP contribution in [0.5, 0.6) is 0 Å². The maximum absolute atomic E-state index is 10.9. The average molecular weight is 296 g/mol. The van der Waals surface area contributed by atoms with Crippen LogP contribution in [-0.4, -0.2) is 32.7 Å². The Morgan fingerprint density at radius 3 is 2.33 bits per heavy atom.